The van der Waals surface area contributed by atoms with E-state index in [1.54, 1.807) is 25.6 Å². The summed E-state index contributed by atoms with van der Waals surface area (Å²) in [7, 11) is 3.26. The fourth-order valence-corrected chi connectivity index (χ4v) is 3.01. The van der Waals surface area contributed by atoms with Gasteiger partial charge in [-0.1, -0.05) is 0 Å². The SMILES string of the molecule is COc1ccc(-c2nc(C)c(CS)s2)cc1OC. The number of methoxy groups -OCH3 is 2. The van der Waals surface area contributed by atoms with Gasteiger partial charge in [0.25, 0.3) is 0 Å². The van der Waals surface area contributed by atoms with Crippen LogP contribution in [0.2, 0.25) is 0 Å². The zero-order valence-corrected chi connectivity index (χ0v) is 12.3. The molecule has 0 N–H and O–H groups in total. The number of aromatic nitrogens is 1. The van der Waals surface area contributed by atoms with Gasteiger partial charge in [-0.3, -0.25) is 0 Å². The molecular formula is C13H15NO2S2. The Bertz CT molecular complexity index is 552. The molecule has 0 atom stereocenters. The molecule has 0 aliphatic carbocycles. The van der Waals surface area contributed by atoms with Gasteiger partial charge >= 0.3 is 0 Å². The molecule has 0 radical (unpaired) electrons. The molecule has 0 amide bonds. The Balaban J connectivity index is 2.44. The Morgan fingerprint density at radius 1 is 1.22 bits per heavy atom. The summed E-state index contributed by atoms with van der Waals surface area (Å²) in [5.41, 5.74) is 2.08. The van der Waals surface area contributed by atoms with Crippen molar-refractivity contribution in [2.75, 3.05) is 14.2 Å². The summed E-state index contributed by atoms with van der Waals surface area (Å²) >= 11 is 5.96. The third-order valence-electron chi connectivity index (χ3n) is 2.67. The van der Waals surface area contributed by atoms with Crippen molar-refractivity contribution in [2.45, 2.75) is 12.7 Å². The summed E-state index contributed by atoms with van der Waals surface area (Å²) in [5.74, 6) is 2.16. The summed E-state index contributed by atoms with van der Waals surface area (Å²) in [4.78, 5) is 5.75. The second-order valence-corrected chi connectivity index (χ2v) is 5.16. The lowest BCUT2D eigenvalue weighted by Gasteiger charge is -2.08. The molecule has 0 aliphatic rings. The number of ether oxygens (including phenoxy) is 2. The van der Waals surface area contributed by atoms with Crippen LogP contribution in [0.3, 0.4) is 0 Å². The maximum absolute atomic E-state index is 5.30. The molecule has 1 heterocycles. The molecule has 0 saturated carbocycles. The summed E-state index contributed by atoms with van der Waals surface area (Å²) < 4.78 is 10.5. The number of hydrogen-bond acceptors (Lipinski definition) is 5. The average molecular weight is 281 g/mol. The fourth-order valence-electron chi connectivity index (χ4n) is 1.67. The van der Waals surface area contributed by atoms with Gasteiger partial charge in [-0.05, 0) is 25.1 Å². The predicted octanol–water partition coefficient (Wildman–Crippen LogP) is 3.57. The number of nitrogens with zero attached hydrogens (tertiary/aromatic N) is 1. The van der Waals surface area contributed by atoms with E-state index in [0.29, 0.717) is 0 Å². The first-order chi connectivity index (χ1) is 8.69. The third kappa shape index (κ3) is 2.47. The van der Waals surface area contributed by atoms with Gasteiger partial charge in [0.1, 0.15) is 5.01 Å². The summed E-state index contributed by atoms with van der Waals surface area (Å²) in [5, 5.41) is 0.984. The zero-order valence-electron chi connectivity index (χ0n) is 10.6. The van der Waals surface area contributed by atoms with Crippen LogP contribution in [0.15, 0.2) is 18.2 Å². The molecule has 0 saturated heterocycles. The first-order valence-electron chi connectivity index (χ1n) is 5.49. The van der Waals surface area contributed by atoms with Crippen LogP contribution in [0.1, 0.15) is 10.6 Å². The van der Waals surface area contributed by atoms with E-state index in [1.165, 1.54) is 4.88 Å². The van der Waals surface area contributed by atoms with Gasteiger partial charge in [0, 0.05) is 16.2 Å². The van der Waals surface area contributed by atoms with Crippen LogP contribution in [0.25, 0.3) is 10.6 Å². The Morgan fingerprint density at radius 2 is 1.94 bits per heavy atom. The van der Waals surface area contributed by atoms with Crippen molar-refractivity contribution in [3.8, 4) is 22.1 Å². The Morgan fingerprint density at radius 3 is 2.50 bits per heavy atom. The first-order valence-corrected chi connectivity index (χ1v) is 6.94. The minimum atomic E-state index is 0.718. The van der Waals surface area contributed by atoms with Crippen LogP contribution in [0.4, 0.5) is 0 Å². The molecule has 96 valence electrons. The molecule has 0 aliphatic heterocycles. The van der Waals surface area contributed by atoms with Gasteiger partial charge in [-0.25, -0.2) is 4.98 Å². The van der Waals surface area contributed by atoms with Gasteiger partial charge in [0.15, 0.2) is 11.5 Å². The van der Waals surface area contributed by atoms with Gasteiger partial charge < -0.3 is 9.47 Å². The number of benzene rings is 1. The number of aryl methyl sites for hydroxylation is 1. The molecule has 0 unspecified atom stereocenters. The van der Waals surface area contributed by atoms with Crippen molar-refractivity contribution in [2.24, 2.45) is 0 Å². The quantitative estimate of drug-likeness (QED) is 0.869. The normalized spacial score (nSPS) is 10.4. The maximum Gasteiger partial charge on any atom is 0.161 e. The monoisotopic (exact) mass is 281 g/mol. The number of thiol groups is 1. The molecule has 1 aromatic heterocycles. The predicted molar refractivity (Wildman–Crippen MR) is 78.1 cm³/mol. The fraction of sp³-hybridized carbons (Fsp3) is 0.308. The van der Waals surface area contributed by atoms with E-state index in [0.717, 1.165) is 33.5 Å². The summed E-state index contributed by atoms with van der Waals surface area (Å²) in [6, 6.07) is 5.83. The average Bonchev–Trinajstić information content (AvgIpc) is 2.79. The molecule has 2 rings (SSSR count). The molecule has 3 nitrogen and oxygen atoms in total. The van der Waals surface area contributed by atoms with Crippen molar-refractivity contribution in [3.63, 3.8) is 0 Å². The second-order valence-electron chi connectivity index (χ2n) is 3.76. The largest absolute Gasteiger partial charge is 0.493 e. The van der Waals surface area contributed by atoms with E-state index in [1.807, 2.05) is 25.1 Å². The van der Waals surface area contributed by atoms with Crippen molar-refractivity contribution < 1.29 is 9.47 Å². The minimum Gasteiger partial charge on any atom is -0.493 e. The molecule has 0 bridgehead atoms. The first kappa shape index (κ1) is 13.2. The highest BCUT2D eigenvalue weighted by molar-refractivity contribution is 7.79. The number of thiazole rings is 1. The highest BCUT2D eigenvalue weighted by Crippen LogP contribution is 2.35. The van der Waals surface area contributed by atoms with Crippen LogP contribution in [-0.4, -0.2) is 19.2 Å². The highest BCUT2D eigenvalue weighted by atomic mass is 32.1. The van der Waals surface area contributed by atoms with Gasteiger partial charge in [-0.15, -0.1) is 11.3 Å². The van der Waals surface area contributed by atoms with Crippen LogP contribution in [0.5, 0.6) is 11.5 Å². The van der Waals surface area contributed by atoms with Gasteiger partial charge in [0.2, 0.25) is 0 Å². The van der Waals surface area contributed by atoms with Crippen molar-refractivity contribution in [3.05, 3.63) is 28.8 Å². The highest BCUT2D eigenvalue weighted by Gasteiger charge is 2.11. The smallest absolute Gasteiger partial charge is 0.161 e. The van der Waals surface area contributed by atoms with Gasteiger partial charge in [-0.2, -0.15) is 12.6 Å². The van der Waals surface area contributed by atoms with Crippen molar-refractivity contribution in [1.29, 1.82) is 0 Å². The lowest BCUT2D eigenvalue weighted by molar-refractivity contribution is 0.355. The molecule has 1 aromatic carbocycles. The lowest BCUT2D eigenvalue weighted by atomic mass is 10.2. The topological polar surface area (TPSA) is 31.4 Å². The third-order valence-corrected chi connectivity index (χ3v) is 4.40. The van der Waals surface area contributed by atoms with Crippen LogP contribution >= 0.6 is 24.0 Å². The zero-order chi connectivity index (χ0) is 13.1. The molecule has 5 heteroatoms. The number of rotatable bonds is 4. The van der Waals surface area contributed by atoms with E-state index in [9.17, 15) is 0 Å². The summed E-state index contributed by atoms with van der Waals surface area (Å²) in [6.45, 7) is 2.01. The molecular weight excluding hydrogens is 266 g/mol. The van der Waals surface area contributed by atoms with E-state index < -0.39 is 0 Å². The second kappa shape index (κ2) is 5.63. The van der Waals surface area contributed by atoms with E-state index in [-0.39, 0.29) is 0 Å². The van der Waals surface area contributed by atoms with E-state index in [2.05, 4.69) is 17.6 Å². The standard InChI is InChI=1S/C13H15NO2S2/c1-8-12(7-17)18-13(14-8)9-4-5-10(15-2)11(6-9)16-3/h4-6,17H,7H2,1-3H3. The lowest BCUT2D eigenvalue weighted by Crippen LogP contribution is -1.90. The Labute approximate surface area is 116 Å². The van der Waals surface area contributed by atoms with E-state index in [4.69, 9.17) is 9.47 Å². The van der Waals surface area contributed by atoms with Crippen LogP contribution in [0, 0.1) is 6.92 Å². The van der Waals surface area contributed by atoms with E-state index >= 15 is 0 Å². The molecule has 2 aromatic rings. The Hall–Kier alpha value is -1.20. The number of hydrogen-bond donors (Lipinski definition) is 1. The molecule has 18 heavy (non-hydrogen) atoms. The van der Waals surface area contributed by atoms with Crippen molar-refractivity contribution >= 4 is 24.0 Å². The summed E-state index contributed by atoms with van der Waals surface area (Å²) in [6.07, 6.45) is 0. The Kier molecular flexibility index (Phi) is 4.14. The van der Waals surface area contributed by atoms with Crippen LogP contribution in [-0.2, 0) is 5.75 Å². The minimum absolute atomic E-state index is 0.718. The van der Waals surface area contributed by atoms with Crippen LogP contribution < -0.4 is 9.47 Å². The van der Waals surface area contributed by atoms with Crippen molar-refractivity contribution in [1.82, 2.24) is 4.98 Å². The molecule has 0 spiro atoms. The maximum atomic E-state index is 5.30. The molecule has 0 fully saturated rings. The van der Waals surface area contributed by atoms with Gasteiger partial charge in [0.05, 0.1) is 19.9 Å².